The Balaban J connectivity index is 1.84. The summed E-state index contributed by atoms with van der Waals surface area (Å²) in [6.07, 6.45) is 6.47. The third kappa shape index (κ3) is 7.91. The lowest BCUT2D eigenvalue weighted by atomic mass is 10.0. The molecule has 4 N–H and O–H groups in total. The van der Waals surface area contributed by atoms with Crippen LogP contribution in [0.1, 0.15) is 39.0 Å². The molecule has 0 radical (unpaired) electrons. The molecule has 1 saturated heterocycles. The molecule has 0 aromatic heterocycles. The monoisotopic (exact) mass is 464 g/mol. The lowest BCUT2D eigenvalue weighted by molar-refractivity contribution is -0.108. The number of nitrogens with zero attached hydrogens (tertiary/aromatic N) is 3. The van der Waals surface area contributed by atoms with Crippen molar-refractivity contribution in [2.24, 2.45) is 10.7 Å². The number of anilines is 1. The van der Waals surface area contributed by atoms with Crippen molar-refractivity contribution < 1.29 is 9.18 Å². The number of carbonyl (C=O) groups is 1. The highest BCUT2D eigenvalue weighted by Crippen LogP contribution is 2.20. The van der Waals surface area contributed by atoms with Gasteiger partial charge in [-0.05, 0) is 63.9 Å². The van der Waals surface area contributed by atoms with E-state index in [9.17, 15) is 9.18 Å². The summed E-state index contributed by atoms with van der Waals surface area (Å²) >= 11 is 6.00. The van der Waals surface area contributed by atoms with E-state index < -0.39 is 5.83 Å². The Kier molecular flexibility index (Phi) is 10.6. The number of likely N-dealkylation sites (N-methyl/N-ethyl adjacent to an activating group) is 1. The second-order valence-corrected chi connectivity index (χ2v) is 8.47. The van der Waals surface area contributed by atoms with E-state index >= 15 is 0 Å². The first-order valence-electron chi connectivity index (χ1n) is 11.0. The van der Waals surface area contributed by atoms with Crippen molar-refractivity contribution in [3.63, 3.8) is 0 Å². The van der Waals surface area contributed by atoms with Crippen molar-refractivity contribution in [1.29, 1.82) is 5.41 Å². The van der Waals surface area contributed by atoms with Crippen LogP contribution in [0, 0.1) is 5.41 Å². The Morgan fingerprint density at radius 1 is 1.53 bits per heavy atom. The number of aldehydes is 1. The molecule has 1 fully saturated rings. The van der Waals surface area contributed by atoms with Gasteiger partial charge in [0.25, 0.3) is 0 Å². The summed E-state index contributed by atoms with van der Waals surface area (Å²) in [4.78, 5) is 19.3. The number of rotatable bonds is 11. The van der Waals surface area contributed by atoms with Crippen molar-refractivity contribution >= 4 is 35.6 Å². The van der Waals surface area contributed by atoms with Crippen LogP contribution in [0.15, 0.2) is 40.9 Å². The van der Waals surface area contributed by atoms with Gasteiger partial charge in [-0.2, -0.15) is 4.39 Å². The minimum Gasteiger partial charge on any atom is -0.381 e. The molecule has 0 spiro atoms. The Morgan fingerprint density at radius 3 is 3.00 bits per heavy atom. The fourth-order valence-corrected chi connectivity index (χ4v) is 3.92. The van der Waals surface area contributed by atoms with Crippen molar-refractivity contribution in [3.05, 3.63) is 40.9 Å². The third-order valence-electron chi connectivity index (χ3n) is 5.55. The molecule has 0 amide bonds. The van der Waals surface area contributed by atoms with E-state index in [4.69, 9.17) is 22.7 Å². The number of piperidine rings is 1. The molecule has 1 aromatic carbocycles. The first-order valence-corrected chi connectivity index (χ1v) is 11.4. The van der Waals surface area contributed by atoms with Gasteiger partial charge in [-0.3, -0.25) is 5.41 Å². The Labute approximate surface area is 195 Å². The number of carbonyl (C=O) groups excluding carboxylic acids is 1. The van der Waals surface area contributed by atoms with Crippen LogP contribution in [-0.2, 0) is 4.79 Å². The van der Waals surface area contributed by atoms with Crippen LogP contribution in [0.25, 0.3) is 0 Å². The van der Waals surface area contributed by atoms with Gasteiger partial charge in [-0.15, -0.1) is 0 Å². The Bertz CT molecular complexity index is 830. The highest BCUT2D eigenvalue weighted by molar-refractivity contribution is 6.30. The molecule has 2 unspecified atom stereocenters. The quantitative estimate of drug-likeness (QED) is 0.261. The predicted octanol–water partition coefficient (Wildman–Crippen LogP) is 4.05. The molecule has 1 heterocycles. The Morgan fingerprint density at radius 2 is 2.31 bits per heavy atom. The zero-order valence-corrected chi connectivity index (χ0v) is 19.6. The van der Waals surface area contributed by atoms with E-state index in [0.717, 1.165) is 37.8 Å². The topological polar surface area (TPSA) is 97.8 Å². The number of nitrogens with two attached hydrogens (primary N) is 1. The molecule has 2 atom stereocenters. The van der Waals surface area contributed by atoms with Gasteiger partial charge in [0.05, 0.1) is 6.04 Å². The average Bonchev–Trinajstić information content (AvgIpc) is 2.80. The van der Waals surface area contributed by atoms with Crippen LogP contribution >= 0.6 is 11.6 Å². The summed E-state index contributed by atoms with van der Waals surface area (Å²) in [5.41, 5.74) is 6.48. The molecule has 0 saturated carbocycles. The molecular formula is C23H34ClFN6O. The minimum atomic E-state index is -0.779. The van der Waals surface area contributed by atoms with E-state index in [0.29, 0.717) is 31.0 Å². The van der Waals surface area contributed by atoms with Crippen LogP contribution in [-0.4, -0.2) is 66.9 Å². The van der Waals surface area contributed by atoms with Crippen LogP contribution in [0.2, 0.25) is 5.02 Å². The van der Waals surface area contributed by atoms with Crippen LogP contribution in [0.4, 0.5) is 10.1 Å². The van der Waals surface area contributed by atoms with E-state index in [-0.39, 0.29) is 23.7 Å². The van der Waals surface area contributed by atoms with E-state index in [1.165, 1.54) is 6.21 Å². The number of hydrogen-bond acceptors (Lipinski definition) is 6. The number of benzene rings is 1. The van der Waals surface area contributed by atoms with E-state index in [1.807, 2.05) is 26.1 Å². The molecule has 176 valence electrons. The summed E-state index contributed by atoms with van der Waals surface area (Å²) < 4.78 is 14.5. The van der Waals surface area contributed by atoms with Crippen molar-refractivity contribution in [2.75, 3.05) is 32.0 Å². The largest absolute Gasteiger partial charge is 0.381 e. The molecular weight excluding hydrogens is 431 g/mol. The Hall–Kier alpha value is -2.45. The number of likely N-dealkylation sites (tertiary alicyclic amines) is 1. The summed E-state index contributed by atoms with van der Waals surface area (Å²) in [6.45, 7) is 3.87. The van der Waals surface area contributed by atoms with E-state index in [1.54, 1.807) is 17.0 Å². The average molecular weight is 465 g/mol. The number of halogens is 2. The number of nitrogens with one attached hydrogen (secondary N) is 2. The maximum atomic E-state index is 14.5. The number of hydrogen-bond donors (Lipinski definition) is 3. The van der Waals surface area contributed by atoms with Gasteiger partial charge < -0.3 is 25.6 Å². The normalized spacial score (nSPS) is 18.5. The lowest BCUT2D eigenvalue weighted by Crippen LogP contribution is -2.49. The molecule has 2 rings (SSSR count). The summed E-state index contributed by atoms with van der Waals surface area (Å²) in [7, 11) is 2.03. The van der Waals surface area contributed by atoms with Gasteiger partial charge in [0.15, 0.2) is 11.7 Å². The SMILES string of the molecule is CCC=N/C(N)=C(/F)C(=N)N1CCCC(N(C)CCCC(C=O)Nc2cccc(Cl)c2)C1. The highest BCUT2D eigenvalue weighted by atomic mass is 35.5. The van der Waals surface area contributed by atoms with Gasteiger partial charge in [-0.25, -0.2) is 4.99 Å². The molecule has 1 aliphatic heterocycles. The molecule has 9 heteroatoms. The molecule has 7 nitrogen and oxygen atoms in total. The van der Waals surface area contributed by atoms with Crippen molar-refractivity contribution in [2.45, 2.75) is 51.1 Å². The third-order valence-corrected chi connectivity index (χ3v) is 5.78. The number of amidine groups is 1. The first-order chi connectivity index (χ1) is 15.3. The van der Waals surface area contributed by atoms with Crippen molar-refractivity contribution in [1.82, 2.24) is 9.80 Å². The second kappa shape index (κ2) is 13.2. The zero-order valence-electron chi connectivity index (χ0n) is 18.9. The first kappa shape index (κ1) is 25.8. The second-order valence-electron chi connectivity index (χ2n) is 8.03. The van der Waals surface area contributed by atoms with Crippen LogP contribution in [0.5, 0.6) is 0 Å². The molecule has 1 aliphatic rings. The zero-order chi connectivity index (χ0) is 23.5. The predicted molar refractivity (Wildman–Crippen MR) is 130 cm³/mol. The van der Waals surface area contributed by atoms with Crippen molar-refractivity contribution in [3.8, 4) is 0 Å². The van der Waals surface area contributed by atoms with Gasteiger partial charge in [0.2, 0.25) is 5.83 Å². The fourth-order valence-electron chi connectivity index (χ4n) is 3.73. The fraction of sp³-hybridized carbons (Fsp3) is 0.522. The molecule has 32 heavy (non-hydrogen) atoms. The van der Waals surface area contributed by atoms with Gasteiger partial charge in [0.1, 0.15) is 6.29 Å². The van der Waals surface area contributed by atoms with Gasteiger partial charge in [0, 0.05) is 36.1 Å². The van der Waals surface area contributed by atoms with Gasteiger partial charge >= 0.3 is 0 Å². The molecule has 1 aromatic rings. The minimum absolute atomic E-state index is 0.202. The molecule has 0 aliphatic carbocycles. The summed E-state index contributed by atoms with van der Waals surface area (Å²) in [5.74, 6) is -1.24. The maximum Gasteiger partial charge on any atom is 0.206 e. The lowest BCUT2D eigenvalue weighted by Gasteiger charge is -2.38. The molecule has 0 bridgehead atoms. The smallest absolute Gasteiger partial charge is 0.206 e. The van der Waals surface area contributed by atoms with Gasteiger partial charge in [-0.1, -0.05) is 24.6 Å². The van der Waals surface area contributed by atoms with E-state index in [2.05, 4.69) is 15.2 Å². The summed E-state index contributed by atoms with van der Waals surface area (Å²) in [5, 5.41) is 12.0. The van der Waals surface area contributed by atoms with Crippen LogP contribution < -0.4 is 11.1 Å². The number of aliphatic imine (C=N–C) groups is 1. The highest BCUT2D eigenvalue weighted by Gasteiger charge is 2.27. The maximum absolute atomic E-state index is 14.5. The van der Waals surface area contributed by atoms with Crippen LogP contribution in [0.3, 0.4) is 0 Å². The summed E-state index contributed by atoms with van der Waals surface area (Å²) in [6, 6.07) is 7.22. The standard InChI is InChI=1S/C23H34ClFN6O/c1-3-11-28-22(26)21(25)23(27)31-13-6-10-20(15-31)30(2)12-5-9-19(16-32)29-18-8-4-7-17(24)14-18/h4,7-8,11,14,16,19-20,27,29H,3,5-6,9-10,12-13,15,26H2,1-2H3/b22-21+,27-23?,28-11?.